The molecule has 3 rings (SSSR count). The molecule has 1 aromatic carbocycles. The Labute approximate surface area is 187 Å². The second kappa shape index (κ2) is 10.5. The van der Waals surface area contributed by atoms with Gasteiger partial charge in [-0.3, -0.25) is 9.39 Å². The molecule has 0 saturated heterocycles. The number of guanidine groups is 1. The van der Waals surface area contributed by atoms with E-state index in [4.69, 9.17) is 0 Å². The molecule has 0 aliphatic heterocycles. The molecule has 1 unspecified atom stereocenters. The second-order valence-electron chi connectivity index (χ2n) is 6.31. The number of nitrogens with one attached hydrogen (secondary N) is 2. The van der Waals surface area contributed by atoms with Crippen molar-refractivity contribution in [2.45, 2.75) is 30.8 Å². The van der Waals surface area contributed by atoms with E-state index in [0.29, 0.717) is 23.8 Å². The maximum absolute atomic E-state index is 12.6. The monoisotopic (exact) mass is 528 g/mol. The van der Waals surface area contributed by atoms with Gasteiger partial charge in [0, 0.05) is 19.3 Å². The number of hydrogen-bond donors (Lipinski definition) is 2. The second-order valence-corrected chi connectivity index (χ2v) is 8.35. The number of pyridine rings is 1. The molecular weight excluding hydrogens is 503 g/mol. The van der Waals surface area contributed by atoms with Gasteiger partial charge in [0.2, 0.25) is 0 Å². The normalized spacial score (nSPS) is 13.0. The number of nitrogens with zero attached hydrogens (tertiary/aromatic N) is 4. The van der Waals surface area contributed by atoms with E-state index in [2.05, 4.69) is 25.8 Å². The molecule has 2 aromatic heterocycles. The first-order valence-electron chi connectivity index (χ1n) is 9.07. The van der Waals surface area contributed by atoms with Crippen LogP contribution >= 0.6 is 24.0 Å². The maximum atomic E-state index is 12.6. The van der Waals surface area contributed by atoms with Gasteiger partial charge in [0.15, 0.2) is 27.3 Å². The molecule has 0 radical (unpaired) electrons. The molecule has 0 aliphatic rings. The van der Waals surface area contributed by atoms with Crippen LogP contribution in [0.1, 0.15) is 19.2 Å². The van der Waals surface area contributed by atoms with Gasteiger partial charge in [-0.1, -0.05) is 31.2 Å². The predicted molar refractivity (Wildman–Crippen MR) is 124 cm³/mol. The number of aliphatic imine (C=N–C) groups is 1. The van der Waals surface area contributed by atoms with E-state index in [-0.39, 0.29) is 35.8 Å². The third-order valence-electron chi connectivity index (χ3n) is 4.38. The summed E-state index contributed by atoms with van der Waals surface area (Å²) < 4.78 is 27.2. The van der Waals surface area contributed by atoms with E-state index >= 15 is 0 Å². The maximum Gasteiger partial charge on any atom is 0.191 e. The predicted octanol–water partition coefficient (Wildman–Crippen LogP) is 2.26. The van der Waals surface area contributed by atoms with Gasteiger partial charge in [0.1, 0.15) is 0 Å². The fourth-order valence-corrected chi connectivity index (χ4v) is 4.43. The van der Waals surface area contributed by atoms with Crippen LogP contribution in [0.15, 0.2) is 64.6 Å². The molecule has 2 N–H and O–H groups in total. The first-order chi connectivity index (χ1) is 13.5. The zero-order valence-electron chi connectivity index (χ0n) is 16.3. The summed E-state index contributed by atoms with van der Waals surface area (Å²) in [6.07, 6.45) is 2.53. The van der Waals surface area contributed by atoms with Gasteiger partial charge < -0.3 is 10.6 Å². The van der Waals surface area contributed by atoms with Crippen molar-refractivity contribution in [1.82, 2.24) is 25.2 Å². The van der Waals surface area contributed by atoms with Crippen LogP contribution in [0.2, 0.25) is 0 Å². The molecule has 3 aromatic rings. The molecule has 8 nitrogen and oxygen atoms in total. The van der Waals surface area contributed by atoms with E-state index in [1.54, 1.807) is 37.4 Å². The number of aromatic nitrogens is 3. The Kier molecular flexibility index (Phi) is 8.38. The highest BCUT2D eigenvalue weighted by Gasteiger charge is 2.21. The zero-order valence-corrected chi connectivity index (χ0v) is 19.5. The van der Waals surface area contributed by atoms with Gasteiger partial charge in [-0.05, 0) is 30.7 Å². The first kappa shape index (κ1) is 23.1. The Bertz CT molecular complexity index is 1050. The summed E-state index contributed by atoms with van der Waals surface area (Å²) in [5.41, 5.74) is 0.766. The van der Waals surface area contributed by atoms with Crippen LogP contribution in [0.5, 0.6) is 0 Å². The molecule has 0 spiro atoms. The van der Waals surface area contributed by atoms with E-state index in [1.807, 2.05) is 35.7 Å². The minimum Gasteiger partial charge on any atom is -0.353 e. The lowest BCUT2D eigenvalue weighted by atomic mass is 10.3. The summed E-state index contributed by atoms with van der Waals surface area (Å²) in [7, 11) is -1.74. The van der Waals surface area contributed by atoms with Crippen LogP contribution in [0, 0.1) is 0 Å². The van der Waals surface area contributed by atoms with Crippen LogP contribution in [-0.2, 0) is 16.4 Å². The molecule has 2 heterocycles. The molecule has 29 heavy (non-hydrogen) atoms. The summed E-state index contributed by atoms with van der Waals surface area (Å²) >= 11 is 0. The quantitative estimate of drug-likeness (QED) is 0.277. The molecular formula is C19H25IN6O2S. The molecule has 1 atom stereocenters. The molecule has 0 aliphatic carbocycles. The van der Waals surface area contributed by atoms with Gasteiger partial charge in [-0.15, -0.1) is 34.2 Å². The van der Waals surface area contributed by atoms with Crippen molar-refractivity contribution >= 4 is 45.4 Å². The van der Waals surface area contributed by atoms with Crippen molar-refractivity contribution in [1.29, 1.82) is 0 Å². The number of sulfone groups is 1. The minimum absolute atomic E-state index is 0. The summed E-state index contributed by atoms with van der Waals surface area (Å²) in [6.45, 7) is 2.35. The lowest BCUT2D eigenvalue weighted by Gasteiger charge is -2.20. The van der Waals surface area contributed by atoms with E-state index in [0.717, 1.165) is 11.5 Å². The van der Waals surface area contributed by atoms with Gasteiger partial charge in [0.25, 0.3) is 0 Å². The van der Waals surface area contributed by atoms with Gasteiger partial charge in [0.05, 0.1) is 17.2 Å². The van der Waals surface area contributed by atoms with Crippen LogP contribution in [-0.4, -0.2) is 47.8 Å². The van der Waals surface area contributed by atoms with Crippen LogP contribution in [0.25, 0.3) is 5.65 Å². The molecule has 0 fully saturated rings. The van der Waals surface area contributed by atoms with E-state index in [9.17, 15) is 8.42 Å². The Balaban J connectivity index is 0.00000300. The fraction of sp³-hybridized carbons (Fsp3) is 0.316. The molecule has 156 valence electrons. The molecule has 0 saturated carbocycles. The Morgan fingerprint density at radius 2 is 1.86 bits per heavy atom. The van der Waals surface area contributed by atoms with Gasteiger partial charge in [-0.25, -0.2) is 8.42 Å². The number of halogens is 1. The van der Waals surface area contributed by atoms with Gasteiger partial charge >= 0.3 is 0 Å². The zero-order chi connectivity index (χ0) is 20.0. The Morgan fingerprint density at radius 3 is 2.55 bits per heavy atom. The van der Waals surface area contributed by atoms with E-state index in [1.165, 1.54) is 0 Å². The third-order valence-corrected chi connectivity index (χ3v) is 6.21. The van der Waals surface area contributed by atoms with Crippen molar-refractivity contribution in [2.24, 2.45) is 4.99 Å². The SMILES string of the molecule is CCC(CS(=O)(=O)c1ccccc1)NC(=NC)NCc1nnc2ccccn12.I. The van der Waals surface area contributed by atoms with Crippen molar-refractivity contribution in [3.05, 3.63) is 60.6 Å². The van der Waals surface area contributed by atoms with E-state index < -0.39 is 9.84 Å². The highest BCUT2D eigenvalue weighted by atomic mass is 127. The standard InChI is InChI=1S/C19H24N6O2S.HI/c1-3-15(14-28(26,27)16-9-5-4-6-10-16)22-19(20-2)21-13-18-24-23-17-11-7-8-12-25(17)18;/h4-12,15H,3,13-14H2,1-2H3,(H2,20,21,22);1H. The molecule has 10 heteroatoms. The van der Waals surface area contributed by atoms with Crippen LogP contribution in [0.3, 0.4) is 0 Å². The molecule has 0 bridgehead atoms. The topological polar surface area (TPSA) is 101 Å². The number of hydrogen-bond acceptors (Lipinski definition) is 5. The Morgan fingerprint density at radius 1 is 1.14 bits per heavy atom. The highest BCUT2D eigenvalue weighted by molar-refractivity contribution is 14.0. The van der Waals surface area contributed by atoms with Crippen molar-refractivity contribution in [3.8, 4) is 0 Å². The lowest BCUT2D eigenvalue weighted by Crippen LogP contribution is -2.45. The smallest absolute Gasteiger partial charge is 0.191 e. The van der Waals surface area contributed by atoms with Gasteiger partial charge in [-0.2, -0.15) is 0 Å². The van der Waals surface area contributed by atoms with Crippen molar-refractivity contribution < 1.29 is 8.42 Å². The lowest BCUT2D eigenvalue weighted by molar-refractivity contribution is 0.568. The van der Waals surface area contributed by atoms with Crippen molar-refractivity contribution in [3.63, 3.8) is 0 Å². The highest BCUT2D eigenvalue weighted by Crippen LogP contribution is 2.12. The largest absolute Gasteiger partial charge is 0.353 e. The number of fused-ring (bicyclic) bond motifs is 1. The fourth-order valence-electron chi connectivity index (χ4n) is 2.81. The number of benzene rings is 1. The summed E-state index contributed by atoms with van der Waals surface area (Å²) in [4.78, 5) is 4.53. The first-order valence-corrected chi connectivity index (χ1v) is 10.7. The number of rotatable bonds is 7. The average molecular weight is 528 g/mol. The summed E-state index contributed by atoms with van der Waals surface area (Å²) in [5, 5.41) is 14.7. The Hall–Kier alpha value is -2.21. The minimum atomic E-state index is -3.38. The van der Waals surface area contributed by atoms with Crippen molar-refractivity contribution in [2.75, 3.05) is 12.8 Å². The molecule has 0 amide bonds. The summed E-state index contributed by atoms with van der Waals surface area (Å²) in [5.74, 6) is 1.24. The third kappa shape index (κ3) is 5.89. The van der Waals surface area contributed by atoms with Crippen LogP contribution in [0.4, 0.5) is 0 Å². The average Bonchev–Trinajstić information content (AvgIpc) is 3.14. The summed E-state index contributed by atoms with van der Waals surface area (Å²) in [6, 6.07) is 13.9. The van der Waals surface area contributed by atoms with Crippen LogP contribution < -0.4 is 10.6 Å².